The highest BCUT2D eigenvalue weighted by Crippen LogP contribution is 2.19. The third kappa shape index (κ3) is 4.58. The van der Waals surface area contributed by atoms with E-state index in [1.54, 1.807) is 23.1 Å². The van der Waals surface area contributed by atoms with Crippen molar-refractivity contribution in [1.82, 2.24) is 14.9 Å². The Morgan fingerprint density at radius 2 is 1.88 bits per heavy atom. The van der Waals surface area contributed by atoms with Crippen molar-refractivity contribution in [2.75, 3.05) is 11.9 Å². The molecule has 0 aliphatic rings. The number of carbonyl (C=O) groups is 1. The first-order valence-electron chi connectivity index (χ1n) is 8.33. The molecule has 1 amide bonds. The van der Waals surface area contributed by atoms with E-state index in [1.165, 1.54) is 6.33 Å². The van der Waals surface area contributed by atoms with Crippen LogP contribution in [0.1, 0.15) is 23.0 Å². The molecule has 0 saturated heterocycles. The molecule has 0 radical (unpaired) electrons. The van der Waals surface area contributed by atoms with Gasteiger partial charge in [0, 0.05) is 29.9 Å². The Labute approximate surface area is 157 Å². The zero-order chi connectivity index (χ0) is 18.4. The van der Waals surface area contributed by atoms with Crippen molar-refractivity contribution in [2.45, 2.75) is 13.5 Å². The van der Waals surface area contributed by atoms with Crippen LogP contribution in [0, 0.1) is 0 Å². The van der Waals surface area contributed by atoms with Gasteiger partial charge in [-0.3, -0.25) is 4.79 Å². The molecule has 1 aromatic heterocycles. The molecule has 26 heavy (non-hydrogen) atoms. The fraction of sp³-hybridized carbons (Fsp3) is 0.150. The number of anilines is 2. The maximum atomic E-state index is 12.8. The molecule has 132 valence electrons. The van der Waals surface area contributed by atoms with Gasteiger partial charge in [-0.1, -0.05) is 48.0 Å². The van der Waals surface area contributed by atoms with Crippen LogP contribution in [0.5, 0.6) is 0 Å². The first-order valence-corrected chi connectivity index (χ1v) is 8.71. The number of halogens is 1. The van der Waals surface area contributed by atoms with Crippen LogP contribution in [0.3, 0.4) is 0 Å². The van der Waals surface area contributed by atoms with Gasteiger partial charge in [0.1, 0.15) is 17.8 Å². The number of rotatable bonds is 6. The summed E-state index contributed by atoms with van der Waals surface area (Å²) in [5.41, 5.74) is 2.22. The van der Waals surface area contributed by atoms with Gasteiger partial charge >= 0.3 is 0 Å². The molecule has 0 unspecified atom stereocenters. The van der Waals surface area contributed by atoms with Crippen LogP contribution in [0.25, 0.3) is 0 Å². The Morgan fingerprint density at radius 3 is 2.62 bits per heavy atom. The lowest BCUT2D eigenvalue weighted by molar-refractivity contribution is 0.0746. The SMILES string of the molecule is CCN(Cc1ccccc1)C(=O)c1cc(Nc2cccc(Cl)c2)ncn1. The second kappa shape index (κ2) is 8.45. The van der Waals surface area contributed by atoms with Crippen molar-refractivity contribution in [3.05, 3.63) is 83.3 Å². The molecule has 0 bridgehead atoms. The van der Waals surface area contributed by atoms with Gasteiger partial charge < -0.3 is 10.2 Å². The molecule has 6 heteroatoms. The van der Waals surface area contributed by atoms with Gasteiger partial charge in [0.15, 0.2) is 0 Å². The van der Waals surface area contributed by atoms with Gasteiger partial charge in [-0.25, -0.2) is 9.97 Å². The summed E-state index contributed by atoms with van der Waals surface area (Å²) >= 11 is 6.00. The minimum atomic E-state index is -0.132. The van der Waals surface area contributed by atoms with Crippen molar-refractivity contribution < 1.29 is 4.79 Å². The van der Waals surface area contributed by atoms with Crippen LogP contribution in [0.4, 0.5) is 11.5 Å². The van der Waals surface area contributed by atoms with Crippen molar-refractivity contribution >= 4 is 29.0 Å². The van der Waals surface area contributed by atoms with Crippen molar-refractivity contribution in [2.24, 2.45) is 0 Å². The lowest BCUT2D eigenvalue weighted by atomic mass is 10.2. The van der Waals surface area contributed by atoms with Crippen LogP contribution in [-0.2, 0) is 6.54 Å². The Kier molecular flexibility index (Phi) is 5.81. The largest absolute Gasteiger partial charge is 0.340 e. The van der Waals surface area contributed by atoms with Gasteiger partial charge in [-0.05, 0) is 30.7 Å². The van der Waals surface area contributed by atoms with Gasteiger partial charge in [0.2, 0.25) is 0 Å². The number of aromatic nitrogens is 2. The molecule has 3 aromatic rings. The lowest BCUT2D eigenvalue weighted by Gasteiger charge is -2.20. The molecule has 0 atom stereocenters. The summed E-state index contributed by atoms with van der Waals surface area (Å²) in [5.74, 6) is 0.411. The molecule has 0 aliphatic carbocycles. The molecular formula is C20H19ClN4O. The number of nitrogens with zero attached hydrogens (tertiary/aromatic N) is 3. The minimum absolute atomic E-state index is 0.132. The third-order valence-corrected chi connectivity index (χ3v) is 4.10. The number of carbonyl (C=O) groups excluding carboxylic acids is 1. The summed E-state index contributed by atoms with van der Waals surface area (Å²) in [4.78, 5) is 22.9. The Balaban J connectivity index is 1.76. The molecule has 5 nitrogen and oxygen atoms in total. The number of amides is 1. The number of hydrogen-bond donors (Lipinski definition) is 1. The normalized spacial score (nSPS) is 10.4. The average molecular weight is 367 g/mol. The number of nitrogens with one attached hydrogen (secondary N) is 1. The molecule has 2 aromatic carbocycles. The standard InChI is InChI=1S/C20H19ClN4O/c1-2-25(13-15-7-4-3-5-8-15)20(26)18-12-19(23-14-22-18)24-17-10-6-9-16(21)11-17/h3-12,14H,2,13H2,1H3,(H,22,23,24). The van der Waals surface area contributed by atoms with E-state index in [2.05, 4.69) is 15.3 Å². The van der Waals surface area contributed by atoms with E-state index >= 15 is 0 Å². The Hall–Kier alpha value is -2.92. The van der Waals surface area contributed by atoms with Gasteiger partial charge in [-0.15, -0.1) is 0 Å². The first kappa shape index (κ1) is 17.9. The van der Waals surface area contributed by atoms with Crippen molar-refractivity contribution in [3.8, 4) is 0 Å². The van der Waals surface area contributed by atoms with E-state index in [4.69, 9.17) is 11.6 Å². The fourth-order valence-electron chi connectivity index (χ4n) is 2.55. The molecule has 3 rings (SSSR count). The minimum Gasteiger partial charge on any atom is -0.340 e. The molecule has 0 saturated carbocycles. The van der Waals surface area contributed by atoms with Crippen LogP contribution >= 0.6 is 11.6 Å². The summed E-state index contributed by atoms with van der Waals surface area (Å²) < 4.78 is 0. The van der Waals surface area contributed by atoms with E-state index in [9.17, 15) is 4.79 Å². The van der Waals surface area contributed by atoms with Gasteiger partial charge in [-0.2, -0.15) is 0 Å². The second-order valence-corrected chi connectivity index (χ2v) is 6.17. The third-order valence-electron chi connectivity index (χ3n) is 3.87. The number of benzene rings is 2. The highest BCUT2D eigenvalue weighted by molar-refractivity contribution is 6.30. The first-order chi connectivity index (χ1) is 12.7. The lowest BCUT2D eigenvalue weighted by Crippen LogP contribution is -2.31. The molecule has 0 aliphatic heterocycles. The molecule has 0 fully saturated rings. The van der Waals surface area contributed by atoms with E-state index in [-0.39, 0.29) is 5.91 Å². The Bertz CT molecular complexity index is 886. The van der Waals surface area contributed by atoms with Crippen LogP contribution in [-0.4, -0.2) is 27.3 Å². The summed E-state index contributed by atoms with van der Waals surface area (Å²) in [5, 5.41) is 3.77. The Morgan fingerprint density at radius 1 is 1.08 bits per heavy atom. The van der Waals surface area contributed by atoms with E-state index in [1.807, 2.05) is 49.4 Å². The van der Waals surface area contributed by atoms with Crippen LogP contribution in [0.15, 0.2) is 67.0 Å². The van der Waals surface area contributed by atoms with Crippen molar-refractivity contribution in [3.63, 3.8) is 0 Å². The van der Waals surface area contributed by atoms with E-state index < -0.39 is 0 Å². The van der Waals surface area contributed by atoms with Crippen LogP contribution in [0.2, 0.25) is 5.02 Å². The summed E-state index contributed by atoms with van der Waals surface area (Å²) in [7, 11) is 0. The van der Waals surface area contributed by atoms with Crippen LogP contribution < -0.4 is 5.32 Å². The van der Waals surface area contributed by atoms with E-state index in [0.29, 0.717) is 29.6 Å². The van der Waals surface area contributed by atoms with Gasteiger partial charge in [0.05, 0.1) is 0 Å². The van der Waals surface area contributed by atoms with Crippen molar-refractivity contribution in [1.29, 1.82) is 0 Å². The smallest absolute Gasteiger partial charge is 0.272 e. The zero-order valence-electron chi connectivity index (χ0n) is 14.4. The second-order valence-electron chi connectivity index (χ2n) is 5.73. The molecular weight excluding hydrogens is 348 g/mol. The van der Waals surface area contributed by atoms with Gasteiger partial charge in [0.25, 0.3) is 5.91 Å². The fourth-order valence-corrected chi connectivity index (χ4v) is 2.74. The summed E-state index contributed by atoms with van der Waals surface area (Å²) in [6.45, 7) is 3.08. The monoisotopic (exact) mass is 366 g/mol. The van der Waals surface area contributed by atoms with E-state index in [0.717, 1.165) is 11.3 Å². The topological polar surface area (TPSA) is 58.1 Å². The molecule has 0 spiro atoms. The summed E-state index contributed by atoms with van der Waals surface area (Å²) in [6.07, 6.45) is 1.39. The predicted molar refractivity (Wildman–Crippen MR) is 104 cm³/mol. The highest BCUT2D eigenvalue weighted by Gasteiger charge is 2.16. The molecule has 1 N–H and O–H groups in total. The quantitative estimate of drug-likeness (QED) is 0.696. The average Bonchev–Trinajstić information content (AvgIpc) is 2.66. The molecule has 1 heterocycles. The summed E-state index contributed by atoms with van der Waals surface area (Å²) in [6, 6.07) is 18.8. The highest BCUT2D eigenvalue weighted by atomic mass is 35.5. The number of hydrogen-bond acceptors (Lipinski definition) is 4. The maximum absolute atomic E-state index is 12.8. The zero-order valence-corrected chi connectivity index (χ0v) is 15.1. The predicted octanol–water partition coefficient (Wildman–Crippen LogP) is 4.54. The maximum Gasteiger partial charge on any atom is 0.272 e.